The first kappa shape index (κ1) is 21.9. The molecular formula is C19H37NO3. The maximum absolute atomic E-state index is 12.5. The first-order chi connectivity index (χ1) is 10.7. The van der Waals surface area contributed by atoms with E-state index >= 15 is 0 Å². The molecule has 1 atom stereocenters. The van der Waals surface area contributed by atoms with Crippen LogP contribution in [0.15, 0.2) is 0 Å². The van der Waals surface area contributed by atoms with Gasteiger partial charge in [0.05, 0.1) is 12.5 Å². The summed E-state index contributed by atoms with van der Waals surface area (Å²) >= 11 is 0. The third-order valence-electron chi connectivity index (χ3n) is 4.05. The van der Waals surface area contributed by atoms with Crippen molar-refractivity contribution < 1.29 is 14.3 Å². The zero-order chi connectivity index (χ0) is 17.9. The van der Waals surface area contributed by atoms with Gasteiger partial charge in [0.1, 0.15) is 0 Å². The van der Waals surface area contributed by atoms with E-state index in [2.05, 4.69) is 6.92 Å². The van der Waals surface area contributed by atoms with Crippen molar-refractivity contribution in [3.63, 3.8) is 0 Å². The van der Waals surface area contributed by atoms with Gasteiger partial charge in [0, 0.05) is 18.5 Å². The highest BCUT2D eigenvalue weighted by Crippen LogP contribution is 2.17. The molecule has 0 rings (SSSR count). The lowest BCUT2D eigenvalue weighted by Crippen LogP contribution is -2.46. The maximum Gasteiger partial charge on any atom is 0.307 e. The van der Waals surface area contributed by atoms with E-state index in [-0.39, 0.29) is 29.9 Å². The van der Waals surface area contributed by atoms with E-state index in [0.29, 0.717) is 13.0 Å². The lowest BCUT2D eigenvalue weighted by Gasteiger charge is -2.36. The van der Waals surface area contributed by atoms with Gasteiger partial charge in [-0.2, -0.15) is 0 Å². The lowest BCUT2D eigenvalue weighted by atomic mass is 10.0. The van der Waals surface area contributed by atoms with E-state index in [0.717, 1.165) is 19.3 Å². The Kier molecular flexibility index (Phi) is 10.9. The van der Waals surface area contributed by atoms with Gasteiger partial charge in [0.2, 0.25) is 5.91 Å². The van der Waals surface area contributed by atoms with Crippen molar-refractivity contribution in [3.05, 3.63) is 0 Å². The predicted molar refractivity (Wildman–Crippen MR) is 95.3 cm³/mol. The average molecular weight is 328 g/mol. The molecule has 0 aliphatic rings. The molecule has 0 radical (unpaired) electrons. The topological polar surface area (TPSA) is 46.6 Å². The second-order valence-corrected chi connectivity index (χ2v) is 7.34. The minimum Gasteiger partial charge on any atom is -0.463 e. The van der Waals surface area contributed by atoms with Gasteiger partial charge in [0.25, 0.3) is 0 Å². The van der Waals surface area contributed by atoms with E-state index in [1.54, 1.807) is 0 Å². The van der Waals surface area contributed by atoms with Crippen LogP contribution in [0.1, 0.15) is 92.9 Å². The summed E-state index contributed by atoms with van der Waals surface area (Å²) in [6.45, 7) is 12.5. The number of carbonyl (C=O) groups excluding carboxylic acids is 2. The summed E-state index contributed by atoms with van der Waals surface area (Å²) in [6, 6.07) is 0. The van der Waals surface area contributed by atoms with Crippen LogP contribution in [0, 0.1) is 0 Å². The van der Waals surface area contributed by atoms with Crippen LogP contribution in [0.3, 0.4) is 0 Å². The normalized spacial score (nSPS) is 12.8. The Morgan fingerprint density at radius 1 is 1.00 bits per heavy atom. The fourth-order valence-corrected chi connectivity index (χ4v) is 2.42. The molecule has 0 saturated carbocycles. The SMILES string of the molecule is CCCCCCCC(=O)N(CCC(=O)OC(C)CC)C(C)(C)C. The lowest BCUT2D eigenvalue weighted by molar-refractivity contribution is -0.149. The molecule has 23 heavy (non-hydrogen) atoms. The first-order valence-electron chi connectivity index (χ1n) is 9.22. The number of esters is 1. The standard InChI is InChI=1S/C19H37NO3/c1-7-9-10-11-12-13-17(21)20(19(4,5)6)15-14-18(22)23-16(3)8-2/h16H,7-15H2,1-6H3. The Balaban J connectivity index is 4.36. The van der Waals surface area contributed by atoms with Gasteiger partial charge in [-0.25, -0.2) is 0 Å². The highest BCUT2D eigenvalue weighted by Gasteiger charge is 2.26. The van der Waals surface area contributed by atoms with E-state index in [4.69, 9.17) is 4.74 Å². The van der Waals surface area contributed by atoms with Crippen molar-refractivity contribution in [1.29, 1.82) is 0 Å². The Morgan fingerprint density at radius 2 is 1.61 bits per heavy atom. The van der Waals surface area contributed by atoms with Gasteiger partial charge in [-0.1, -0.05) is 39.5 Å². The molecule has 0 fully saturated rings. The zero-order valence-corrected chi connectivity index (χ0v) is 16.1. The Bertz CT molecular complexity index is 347. The van der Waals surface area contributed by atoms with Gasteiger partial charge in [0.15, 0.2) is 0 Å². The molecule has 0 spiro atoms. The molecule has 0 heterocycles. The predicted octanol–water partition coefficient (Wildman–Crippen LogP) is 4.71. The second kappa shape index (κ2) is 11.5. The van der Waals surface area contributed by atoms with Crippen LogP contribution in [-0.2, 0) is 14.3 Å². The first-order valence-corrected chi connectivity index (χ1v) is 9.22. The van der Waals surface area contributed by atoms with Crippen molar-refractivity contribution >= 4 is 11.9 Å². The summed E-state index contributed by atoms with van der Waals surface area (Å²) in [7, 11) is 0. The summed E-state index contributed by atoms with van der Waals surface area (Å²) in [6.07, 6.45) is 7.27. The van der Waals surface area contributed by atoms with Gasteiger partial charge in [-0.3, -0.25) is 9.59 Å². The molecule has 0 N–H and O–H groups in total. The van der Waals surface area contributed by atoms with Gasteiger partial charge in [-0.15, -0.1) is 0 Å². The number of carbonyl (C=O) groups is 2. The summed E-state index contributed by atoms with van der Waals surface area (Å²) < 4.78 is 5.29. The van der Waals surface area contributed by atoms with Crippen LogP contribution in [0.5, 0.6) is 0 Å². The highest BCUT2D eigenvalue weighted by atomic mass is 16.5. The van der Waals surface area contributed by atoms with E-state index < -0.39 is 0 Å². The quantitative estimate of drug-likeness (QED) is 0.408. The van der Waals surface area contributed by atoms with Crippen LogP contribution in [0.25, 0.3) is 0 Å². The summed E-state index contributed by atoms with van der Waals surface area (Å²) in [5, 5.41) is 0. The van der Waals surface area contributed by atoms with Crippen LogP contribution >= 0.6 is 0 Å². The molecule has 0 bridgehead atoms. The van der Waals surface area contributed by atoms with E-state index in [9.17, 15) is 9.59 Å². The molecule has 0 aliphatic heterocycles. The Labute approximate surface area is 143 Å². The van der Waals surface area contributed by atoms with E-state index in [1.165, 1.54) is 19.3 Å². The van der Waals surface area contributed by atoms with Crippen molar-refractivity contribution in [2.45, 2.75) is 105 Å². The molecule has 4 nitrogen and oxygen atoms in total. The molecule has 1 amide bonds. The number of ether oxygens (including phenoxy) is 1. The summed E-state index contributed by atoms with van der Waals surface area (Å²) in [4.78, 5) is 26.1. The second-order valence-electron chi connectivity index (χ2n) is 7.34. The minimum absolute atomic E-state index is 0.0557. The van der Waals surface area contributed by atoms with Crippen LogP contribution in [0.4, 0.5) is 0 Å². The monoisotopic (exact) mass is 327 g/mol. The molecule has 1 unspecified atom stereocenters. The number of unbranched alkanes of at least 4 members (excludes halogenated alkanes) is 4. The van der Waals surface area contributed by atoms with Crippen LogP contribution < -0.4 is 0 Å². The number of hydrogen-bond acceptors (Lipinski definition) is 3. The Hall–Kier alpha value is -1.06. The van der Waals surface area contributed by atoms with Gasteiger partial charge in [-0.05, 0) is 40.5 Å². The Morgan fingerprint density at radius 3 is 2.13 bits per heavy atom. The van der Waals surface area contributed by atoms with Crippen molar-refractivity contribution in [3.8, 4) is 0 Å². The van der Waals surface area contributed by atoms with Crippen LogP contribution in [0.2, 0.25) is 0 Å². The van der Waals surface area contributed by atoms with Crippen molar-refractivity contribution in [2.75, 3.05) is 6.54 Å². The van der Waals surface area contributed by atoms with E-state index in [1.807, 2.05) is 39.5 Å². The smallest absolute Gasteiger partial charge is 0.307 e. The molecule has 136 valence electrons. The summed E-state index contributed by atoms with van der Waals surface area (Å²) in [5.41, 5.74) is -0.267. The fraction of sp³-hybridized carbons (Fsp3) is 0.895. The molecule has 0 aromatic carbocycles. The zero-order valence-electron chi connectivity index (χ0n) is 16.1. The highest BCUT2D eigenvalue weighted by molar-refractivity contribution is 5.78. The molecular weight excluding hydrogens is 290 g/mol. The van der Waals surface area contributed by atoms with Gasteiger partial charge >= 0.3 is 5.97 Å². The van der Waals surface area contributed by atoms with Crippen LogP contribution in [-0.4, -0.2) is 35.0 Å². The van der Waals surface area contributed by atoms with Crippen molar-refractivity contribution in [2.24, 2.45) is 0 Å². The third-order valence-corrected chi connectivity index (χ3v) is 4.05. The molecule has 0 aromatic rings. The van der Waals surface area contributed by atoms with Crippen molar-refractivity contribution in [1.82, 2.24) is 4.90 Å². The molecule has 4 heteroatoms. The largest absolute Gasteiger partial charge is 0.463 e. The average Bonchev–Trinajstić information content (AvgIpc) is 2.45. The number of hydrogen-bond donors (Lipinski definition) is 0. The number of rotatable bonds is 11. The molecule has 0 aromatic heterocycles. The third kappa shape index (κ3) is 10.4. The molecule has 0 aliphatic carbocycles. The maximum atomic E-state index is 12.5. The summed E-state index contributed by atoms with van der Waals surface area (Å²) in [5.74, 6) is -0.0744. The van der Waals surface area contributed by atoms with Gasteiger partial charge < -0.3 is 9.64 Å². The fourth-order valence-electron chi connectivity index (χ4n) is 2.42. The number of nitrogens with zero attached hydrogens (tertiary/aromatic N) is 1. The molecule has 0 saturated heterocycles. The minimum atomic E-state index is -0.267. The number of amides is 1.